The minimum absolute atomic E-state index is 0.144. The van der Waals surface area contributed by atoms with Gasteiger partial charge in [-0.25, -0.2) is 9.18 Å². The van der Waals surface area contributed by atoms with Gasteiger partial charge in [0.2, 0.25) is 0 Å². The average molecular weight is 361 g/mol. The fourth-order valence-electron chi connectivity index (χ4n) is 2.83. The highest BCUT2D eigenvalue weighted by Gasteiger charge is 2.33. The second kappa shape index (κ2) is 7.89. The van der Waals surface area contributed by atoms with Crippen molar-refractivity contribution in [2.24, 2.45) is 0 Å². The minimum atomic E-state index is -1.12. The summed E-state index contributed by atoms with van der Waals surface area (Å²) in [6.45, 7) is 0.144. The predicted octanol–water partition coefficient (Wildman–Crippen LogP) is 4.29. The number of nitrogens with one attached hydrogen (secondary N) is 1. The normalized spacial score (nSPS) is 16.2. The highest BCUT2D eigenvalue weighted by Crippen LogP contribution is 2.37. The van der Waals surface area contributed by atoms with Crippen molar-refractivity contribution in [1.82, 2.24) is 0 Å². The summed E-state index contributed by atoms with van der Waals surface area (Å²) in [6.07, 6.45) is 0.407. The molecule has 6 heteroatoms. The zero-order chi connectivity index (χ0) is 17.7. The number of carbonyl (C=O) groups is 1. The van der Waals surface area contributed by atoms with Crippen molar-refractivity contribution in [3.63, 3.8) is 0 Å². The Morgan fingerprint density at radius 2 is 1.92 bits per heavy atom. The van der Waals surface area contributed by atoms with Crippen molar-refractivity contribution in [3.05, 3.63) is 65.5 Å². The Hall–Kier alpha value is -2.05. The van der Waals surface area contributed by atoms with Gasteiger partial charge >= 0.3 is 6.09 Å². The third-order valence-electron chi connectivity index (χ3n) is 4.25. The molecule has 132 valence electrons. The maximum absolute atomic E-state index is 14.4. The van der Waals surface area contributed by atoms with E-state index in [9.17, 15) is 14.3 Å². The molecule has 2 aromatic rings. The Labute approximate surface area is 150 Å². The molecule has 0 unspecified atom stereocenters. The number of rotatable bonds is 4. The second-order valence-electron chi connectivity index (χ2n) is 6.03. The minimum Gasteiger partial charge on any atom is -0.444 e. The highest BCUT2D eigenvalue weighted by atomic mass is 32.2. The SMILES string of the molecule is O=C(Nc1ccc(C2(O)CCSCC2)c(F)c1)OCc1ccccc1. The molecule has 0 aliphatic carbocycles. The first-order valence-electron chi connectivity index (χ1n) is 8.15. The number of aliphatic hydroxyl groups is 1. The lowest BCUT2D eigenvalue weighted by atomic mass is 9.87. The largest absolute Gasteiger partial charge is 0.444 e. The van der Waals surface area contributed by atoms with Crippen LogP contribution in [0.1, 0.15) is 24.0 Å². The van der Waals surface area contributed by atoms with E-state index in [1.165, 1.54) is 12.1 Å². The van der Waals surface area contributed by atoms with Crippen LogP contribution in [-0.2, 0) is 16.9 Å². The summed E-state index contributed by atoms with van der Waals surface area (Å²) in [6, 6.07) is 13.7. The zero-order valence-electron chi connectivity index (χ0n) is 13.7. The Morgan fingerprint density at radius 1 is 1.20 bits per heavy atom. The Balaban J connectivity index is 1.61. The van der Waals surface area contributed by atoms with Gasteiger partial charge in [-0.05, 0) is 42.0 Å². The van der Waals surface area contributed by atoms with E-state index in [0.717, 1.165) is 17.1 Å². The first kappa shape index (κ1) is 17.8. The molecule has 2 N–H and O–H groups in total. The number of thioether (sulfide) groups is 1. The molecule has 0 bridgehead atoms. The number of carbonyl (C=O) groups excluding carboxylic acids is 1. The maximum atomic E-state index is 14.4. The van der Waals surface area contributed by atoms with Crippen molar-refractivity contribution in [1.29, 1.82) is 0 Å². The first-order valence-corrected chi connectivity index (χ1v) is 9.30. The summed E-state index contributed by atoms with van der Waals surface area (Å²) in [5.74, 6) is 1.10. The van der Waals surface area contributed by atoms with Crippen LogP contribution in [0.4, 0.5) is 14.9 Å². The van der Waals surface area contributed by atoms with Crippen LogP contribution < -0.4 is 5.32 Å². The summed E-state index contributed by atoms with van der Waals surface area (Å²) in [4.78, 5) is 11.8. The fourth-order valence-corrected chi connectivity index (χ4v) is 3.99. The van der Waals surface area contributed by atoms with E-state index in [2.05, 4.69) is 5.32 Å². The van der Waals surface area contributed by atoms with Gasteiger partial charge in [0, 0.05) is 11.3 Å². The van der Waals surface area contributed by atoms with Crippen LogP contribution in [0, 0.1) is 5.82 Å². The molecule has 1 saturated heterocycles. The monoisotopic (exact) mass is 361 g/mol. The van der Waals surface area contributed by atoms with Crippen molar-refractivity contribution in [2.75, 3.05) is 16.8 Å². The molecule has 0 saturated carbocycles. The second-order valence-corrected chi connectivity index (χ2v) is 7.25. The molecule has 0 radical (unpaired) electrons. The Morgan fingerprint density at radius 3 is 2.60 bits per heavy atom. The van der Waals surface area contributed by atoms with Crippen molar-refractivity contribution < 1.29 is 19.0 Å². The standard InChI is InChI=1S/C19H20FNO3S/c20-17-12-15(6-7-16(17)19(23)8-10-25-11-9-19)21-18(22)24-13-14-4-2-1-3-5-14/h1-7,12,23H,8-11,13H2,(H,21,22). The van der Waals surface area contributed by atoms with Crippen LogP contribution >= 0.6 is 11.8 Å². The molecule has 25 heavy (non-hydrogen) atoms. The van der Waals surface area contributed by atoms with E-state index in [1.54, 1.807) is 17.8 Å². The van der Waals surface area contributed by atoms with Gasteiger partial charge in [-0.15, -0.1) is 0 Å². The van der Waals surface area contributed by atoms with Crippen LogP contribution in [0.25, 0.3) is 0 Å². The molecule has 3 rings (SSSR count). The van der Waals surface area contributed by atoms with Crippen molar-refractivity contribution in [3.8, 4) is 0 Å². The van der Waals surface area contributed by atoms with Gasteiger partial charge < -0.3 is 9.84 Å². The van der Waals surface area contributed by atoms with Crippen LogP contribution in [0.15, 0.2) is 48.5 Å². The number of anilines is 1. The summed E-state index contributed by atoms with van der Waals surface area (Å²) in [5.41, 5.74) is 0.336. The Bertz CT molecular complexity index is 733. The van der Waals surface area contributed by atoms with Gasteiger partial charge in [-0.1, -0.05) is 36.4 Å². The van der Waals surface area contributed by atoms with E-state index in [4.69, 9.17) is 4.74 Å². The maximum Gasteiger partial charge on any atom is 0.411 e. The third-order valence-corrected chi connectivity index (χ3v) is 5.24. The highest BCUT2D eigenvalue weighted by molar-refractivity contribution is 7.99. The van der Waals surface area contributed by atoms with Crippen LogP contribution in [0.3, 0.4) is 0 Å². The predicted molar refractivity (Wildman–Crippen MR) is 97.1 cm³/mol. The number of hydrogen-bond acceptors (Lipinski definition) is 4. The van der Waals surface area contributed by atoms with Crippen LogP contribution in [-0.4, -0.2) is 22.7 Å². The third kappa shape index (κ3) is 4.52. The van der Waals surface area contributed by atoms with Crippen LogP contribution in [0.5, 0.6) is 0 Å². The lowest BCUT2D eigenvalue weighted by Gasteiger charge is -2.32. The number of halogens is 1. The van der Waals surface area contributed by atoms with Gasteiger partial charge in [-0.3, -0.25) is 5.32 Å². The lowest BCUT2D eigenvalue weighted by molar-refractivity contribution is 0.0246. The molecular formula is C19H20FNO3S. The molecule has 1 aliphatic heterocycles. The number of benzene rings is 2. The van der Waals surface area contributed by atoms with Crippen LogP contribution in [0.2, 0.25) is 0 Å². The molecule has 1 aliphatic rings. The Kier molecular flexibility index (Phi) is 5.60. The molecule has 2 aromatic carbocycles. The van der Waals surface area contributed by atoms with E-state index in [0.29, 0.717) is 18.5 Å². The van der Waals surface area contributed by atoms with Gasteiger partial charge in [0.05, 0.1) is 5.60 Å². The topological polar surface area (TPSA) is 58.6 Å². The molecule has 1 heterocycles. The molecule has 4 nitrogen and oxygen atoms in total. The molecular weight excluding hydrogens is 341 g/mol. The lowest BCUT2D eigenvalue weighted by Crippen LogP contribution is -2.31. The summed E-state index contributed by atoms with van der Waals surface area (Å²) >= 11 is 1.76. The molecule has 1 amide bonds. The summed E-state index contributed by atoms with van der Waals surface area (Å²) < 4.78 is 19.5. The summed E-state index contributed by atoms with van der Waals surface area (Å²) in [5, 5.41) is 13.1. The van der Waals surface area contributed by atoms with Crippen molar-refractivity contribution >= 4 is 23.5 Å². The number of amides is 1. The van der Waals surface area contributed by atoms with E-state index in [1.807, 2.05) is 30.3 Å². The molecule has 0 aromatic heterocycles. The van der Waals surface area contributed by atoms with Crippen molar-refractivity contribution in [2.45, 2.75) is 25.0 Å². The number of hydrogen-bond donors (Lipinski definition) is 2. The molecule has 0 spiro atoms. The quantitative estimate of drug-likeness (QED) is 0.853. The smallest absolute Gasteiger partial charge is 0.411 e. The van der Waals surface area contributed by atoms with E-state index in [-0.39, 0.29) is 12.2 Å². The van der Waals surface area contributed by atoms with Gasteiger partial charge in [0.1, 0.15) is 12.4 Å². The van der Waals surface area contributed by atoms with Gasteiger partial charge in [0.25, 0.3) is 0 Å². The first-order chi connectivity index (χ1) is 12.1. The average Bonchev–Trinajstić information content (AvgIpc) is 2.61. The number of ether oxygens (including phenoxy) is 1. The molecule has 0 atom stereocenters. The fraction of sp³-hybridized carbons (Fsp3) is 0.316. The zero-order valence-corrected chi connectivity index (χ0v) is 14.5. The molecule has 1 fully saturated rings. The van der Waals surface area contributed by atoms with E-state index >= 15 is 0 Å². The van der Waals surface area contributed by atoms with E-state index < -0.39 is 17.5 Å². The van der Waals surface area contributed by atoms with Gasteiger partial charge in [0.15, 0.2) is 0 Å². The van der Waals surface area contributed by atoms with Gasteiger partial charge in [-0.2, -0.15) is 11.8 Å². The summed E-state index contributed by atoms with van der Waals surface area (Å²) in [7, 11) is 0.